The highest BCUT2D eigenvalue weighted by Gasteiger charge is 2.16. The minimum Gasteiger partial charge on any atom is -0.507 e. The molecule has 1 aromatic carbocycles. The SMILES string of the molecule is O=C(O)c1c(O)cc(F)cc1F. The fourth-order valence-corrected chi connectivity index (χ4v) is 0.772. The zero-order chi connectivity index (χ0) is 9.30. The Kier molecular flexibility index (Phi) is 1.95. The first-order valence-electron chi connectivity index (χ1n) is 2.93. The molecule has 0 aromatic heterocycles. The number of aromatic hydroxyl groups is 1. The Labute approximate surface area is 65.9 Å². The monoisotopic (exact) mass is 174 g/mol. The van der Waals surface area contributed by atoms with Crippen LogP contribution in [0.15, 0.2) is 12.1 Å². The highest BCUT2D eigenvalue weighted by Crippen LogP contribution is 2.21. The van der Waals surface area contributed by atoms with Crippen LogP contribution in [-0.4, -0.2) is 16.2 Å². The molecule has 0 aliphatic heterocycles. The molecule has 0 radical (unpaired) electrons. The summed E-state index contributed by atoms with van der Waals surface area (Å²) in [6.45, 7) is 0. The molecule has 0 unspecified atom stereocenters. The van der Waals surface area contributed by atoms with Crippen LogP contribution in [0.2, 0.25) is 0 Å². The van der Waals surface area contributed by atoms with Gasteiger partial charge in [0.2, 0.25) is 0 Å². The number of phenols is 1. The van der Waals surface area contributed by atoms with E-state index in [1.807, 2.05) is 0 Å². The molecule has 0 atom stereocenters. The van der Waals surface area contributed by atoms with Crippen LogP contribution in [0.4, 0.5) is 8.78 Å². The number of carbonyl (C=O) groups is 1. The van der Waals surface area contributed by atoms with Crippen LogP contribution in [0.1, 0.15) is 10.4 Å². The maximum atomic E-state index is 12.6. The summed E-state index contributed by atoms with van der Waals surface area (Å²) in [5.41, 5.74) is -0.920. The van der Waals surface area contributed by atoms with Crippen molar-refractivity contribution in [3.8, 4) is 5.75 Å². The van der Waals surface area contributed by atoms with E-state index in [0.29, 0.717) is 12.1 Å². The molecule has 2 N–H and O–H groups in total. The Morgan fingerprint density at radius 2 is 1.92 bits per heavy atom. The van der Waals surface area contributed by atoms with Crippen molar-refractivity contribution in [3.63, 3.8) is 0 Å². The Hall–Kier alpha value is -1.65. The molecule has 0 bridgehead atoms. The number of hydrogen-bond acceptors (Lipinski definition) is 2. The Balaban J connectivity index is 3.38. The number of carboxylic acid groups (broad SMARTS) is 1. The second-order valence-corrected chi connectivity index (χ2v) is 2.09. The van der Waals surface area contributed by atoms with Gasteiger partial charge in [-0.3, -0.25) is 0 Å². The third kappa shape index (κ3) is 1.34. The van der Waals surface area contributed by atoms with Crippen LogP contribution < -0.4 is 0 Å². The van der Waals surface area contributed by atoms with E-state index in [4.69, 9.17) is 10.2 Å². The lowest BCUT2D eigenvalue weighted by molar-refractivity contribution is 0.0688. The number of hydrogen-bond donors (Lipinski definition) is 2. The van der Waals surface area contributed by atoms with E-state index in [0.717, 1.165) is 0 Å². The number of benzene rings is 1. The molecular weight excluding hydrogens is 170 g/mol. The minimum absolute atomic E-state index is 0.392. The maximum Gasteiger partial charge on any atom is 0.342 e. The molecule has 0 aliphatic carbocycles. The van der Waals surface area contributed by atoms with Crippen molar-refractivity contribution in [1.29, 1.82) is 0 Å². The van der Waals surface area contributed by atoms with Gasteiger partial charge in [0.1, 0.15) is 22.9 Å². The van der Waals surface area contributed by atoms with Crippen molar-refractivity contribution in [2.45, 2.75) is 0 Å². The smallest absolute Gasteiger partial charge is 0.342 e. The third-order valence-electron chi connectivity index (χ3n) is 1.25. The van der Waals surface area contributed by atoms with E-state index in [1.165, 1.54) is 0 Å². The number of halogens is 2. The molecule has 5 heteroatoms. The second kappa shape index (κ2) is 2.77. The van der Waals surface area contributed by atoms with Gasteiger partial charge in [-0.25, -0.2) is 13.6 Å². The molecule has 0 saturated carbocycles. The number of aromatic carboxylic acids is 1. The number of rotatable bonds is 1. The Morgan fingerprint density at radius 3 is 2.33 bits per heavy atom. The lowest BCUT2D eigenvalue weighted by Gasteiger charge is -1.99. The van der Waals surface area contributed by atoms with Gasteiger partial charge in [0, 0.05) is 12.1 Å². The van der Waals surface area contributed by atoms with Gasteiger partial charge in [0.05, 0.1) is 0 Å². The molecule has 0 fully saturated rings. The van der Waals surface area contributed by atoms with Crippen molar-refractivity contribution >= 4 is 5.97 Å². The highest BCUT2D eigenvalue weighted by molar-refractivity contribution is 5.90. The maximum absolute atomic E-state index is 12.6. The van der Waals surface area contributed by atoms with Gasteiger partial charge in [0.15, 0.2) is 0 Å². The average molecular weight is 174 g/mol. The van der Waals surface area contributed by atoms with Gasteiger partial charge in [-0.2, -0.15) is 0 Å². The zero-order valence-corrected chi connectivity index (χ0v) is 5.71. The molecule has 1 aromatic rings. The third-order valence-corrected chi connectivity index (χ3v) is 1.25. The summed E-state index contributed by atoms with van der Waals surface area (Å²) >= 11 is 0. The predicted molar refractivity (Wildman–Crippen MR) is 35.0 cm³/mol. The fraction of sp³-hybridized carbons (Fsp3) is 0. The fourth-order valence-electron chi connectivity index (χ4n) is 0.772. The average Bonchev–Trinajstić information content (AvgIpc) is 1.82. The molecule has 0 heterocycles. The van der Waals surface area contributed by atoms with E-state index in [1.54, 1.807) is 0 Å². The topological polar surface area (TPSA) is 57.5 Å². The van der Waals surface area contributed by atoms with Gasteiger partial charge in [0.25, 0.3) is 0 Å². The lowest BCUT2D eigenvalue weighted by atomic mass is 10.2. The van der Waals surface area contributed by atoms with Crippen molar-refractivity contribution in [1.82, 2.24) is 0 Å². The van der Waals surface area contributed by atoms with Crippen LogP contribution in [0, 0.1) is 11.6 Å². The minimum atomic E-state index is -1.63. The summed E-state index contributed by atoms with van der Waals surface area (Å²) in [7, 11) is 0. The van der Waals surface area contributed by atoms with Gasteiger partial charge in [-0.05, 0) is 0 Å². The van der Waals surface area contributed by atoms with Gasteiger partial charge in [-0.1, -0.05) is 0 Å². The molecule has 3 nitrogen and oxygen atoms in total. The first-order chi connectivity index (χ1) is 5.52. The first-order valence-corrected chi connectivity index (χ1v) is 2.93. The molecule has 0 spiro atoms. The summed E-state index contributed by atoms with van der Waals surface area (Å²) in [6.07, 6.45) is 0. The van der Waals surface area contributed by atoms with Crippen LogP contribution in [-0.2, 0) is 0 Å². The summed E-state index contributed by atoms with van der Waals surface area (Å²) in [6, 6.07) is 0.926. The lowest BCUT2D eigenvalue weighted by Crippen LogP contribution is -2.01. The zero-order valence-electron chi connectivity index (χ0n) is 5.71. The normalized spacial score (nSPS) is 9.83. The van der Waals surface area contributed by atoms with E-state index in [9.17, 15) is 13.6 Å². The summed E-state index contributed by atoms with van der Waals surface area (Å²) < 4.78 is 24.9. The van der Waals surface area contributed by atoms with Crippen molar-refractivity contribution in [2.24, 2.45) is 0 Å². The molecule has 0 saturated heterocycles. The molecule has 64 valence electrons. The van der Waals surface area contributed by atoms with Gasteiger partial charge in [-0.15, -0.1) is 0 Å². The van der Waals surface area contributed by atoms with Crippen LogP contribution in [0.5, 0.6) is 5.75 Å². The molecule has 1 rings (SSSR count). The van der Waals surface area contributed by atoms with Gasteiger partial charge >= 0.3 is 5.97 Å². The highest BCUT2D eigenvalue weighted by atomic mass is 19.1. The van der Waals surface area contributed by atoms with E-state index >= 15 is 0 Å². The standard InChI is InChI=1S/C7H4F2O3/c8-3-1-4(9)6(7(11)12)5(10)2-3/h1-2,10H,(H,11,12). The molecule has 0 aliphatic rings. The van der Waals surface area contributed by atoms with Crippen LogP contribution >= 0.6 is 0 Å². The predicted octanol–water partition coefficient (Wildman–Crippen LogP) is 1.37. The molecular formula is C7H4F2O3. The van der Waals surface area contributed by atoms with Crippen LogP contribution in [0.3, 0.4) is 0 Å². The summed E-state index contributed by atoms with van der Waals surface area (Å²) in [5, 5.41) is 17.1. The van der Waals surface area contributed by atoms with E-state index < -0.39 is 28.9 Å². The molecule has 0 amide bonds. The first kappa shape index (κ1) is 8.45. The molecule has 12 heavy (non-hydrogen) atoms. The largest absolute Gasteiger partial charge is 0.507 e. The summed E-state index contributed by atoms with van der Waals surface area (Å²) in [5.74, 6) is -4.86. The quantitative estimate of drug-likeness (QED) is 0.675. The Morgan fingerprint density at radius 1 is 1.33 bits per heavy atom. The Bertz CT molecular complexity index is 312. The van der Waals surface area contributed by atoms with E-state index in [-0.39, 0.29) is 0 Å². The van der Waals surface area contributed by atoms with Crippen molar-refractivity contribution in [2.75, 3.05) is 0 Å². The van der Waals surface area contributed by atoms with Crippen molar-refractivity contribution < 1.29 is 23.8 Å². The van der Waals surface area contributed by atoms with E-state index in [2.05, 4.69) is 0 Å². The van der Waals surface area contributed by atoms with Crippen LogP contribution in [0.25, 0.3) is 0 Å². The number of carboxylic acids is 1. The van der Waals surface area contributed by atoms with Crippen molar-refractivity contribution in [3.05, 3.63) is 29.3 Å². The second-order valence-electron chi connectivity index (χ2n) is 2.09. The van der Waals surface area contributed by atoms with Gasteiger partial charge < -0.3 is 10.2 Å². The summed E-state index contributed by atoms with van der Waals surface area (Å²) in [4.78, 5) is 10.2.